The van der Waals surface area contributed by atoms with Gasteiger partial charge in [-0.2, -0.15) is 0 Å². The zero-order valence-electron chi connectivity index (χ0n) is 20.2. The van der Waals surface area contributed by atoms with Crippen LogP contribution < -0.4 is 30.2 Å². The number of methoxy groups -OCH3 is 3. The topological polar surface area (TPSA) is 124 Å². The Bertz CT molecular complexity index is 1010. The largest absolute Gasteiger partial charge is 0.493 e. The fraction of sp³-hybridized carbons (Fsp3) is 0.375. The number of hydrogen-bond donors (Lipinski definition) is 3. The number of carbonyl (C=O) groups excluding carboxylic acids is 3. The summed E-state index contributed by atoms with van der Waals surface area (Å²) >= 11 is 0. The fourth-order valence-electron chi connectivity index (χ4n) is 2.93. The minimum Gasteiger partial charge on any atom is -0.493 e. The molecular weight excluding hydrogens is 442 g/mol. The van der Waals surface area contributed by atoms with Crippen LogP contribution in [0.15, 0.2) is 36.4 Å². The van der Waals surface area contributed by atoms with Crippen molar-refractivity contribution in [3.63, 3.8) is 0 Å². The second-order valence-corrected chi connectivity index (χ2v) is 8.16. The molecule has 10 heteroatoms. The number of para-hydroxylation sites is 1. The molecule has 3 amide bonds. The normalized spacial score (nSPS) is 10.6. The number of hydrogen-bond acceptors (Lipinski definition) is 7. The third kappa shape index (κ3) is 7.58. The van der Waals surface area contributed by atoms with E-state index in [4.69, 9.17) is 18.9 Å². The molecule has 0 unspecified atom stereocenters. The highest BCUT2D eigenvalue weighted by Crippen LogP contribution is 2.38. The van der Waals surface area contributed by atoms with Crippen LogP contribution in [0.25, 0.3) is 0 Å². The maximum Gasteiger partial charge on any atom is 0.408 e. The highest BCUT2D eigenvalue weighted by atomic mass is 16.6. The van der Waals surface area contributed by atoms with Gasteiger partial charge in [0.1, 0.15) is 12.1 Å². The molecule has 3 N–H and O–H groups in total. The molecule has 34 heavy (non-hydrogen) atoms. The molecule has 0 aromatic heterocycles. The predicted molar refractivity (Wildman–Crippen MR) is 127 cm³/mol. The lowest BCUT2D eigenvalue weighted by atomic mass is 10.1. The molecule has 0 saturated carbocycles. The van der Waals surface area contributed by atoms with Crippen LogP contribution in [0.2, 0.25) is 0 Å². The summed E-state index contributed by atoms with van der Waals surface area (Å²) in [6.45, 7) is 5.09. The fourth-order valence-corrected chi connectivity index (χ4v) is 2.93. The van der Waals surface area contributed by atoms with Gasteiger partial charge >= 0.3 is 6.09 Å². The summed E-state index contributed by atoms with van der Waals surface area (Å²) in [7, 11) is 4.41. The lowest BCUT2D eigenvalue weighted by Crippen LogP contribution is -2.39. The predicted octanol–water partition coefficient (Wildman–Crippen LogP) is 3.11. The van der Waals surface area contributed by atoms with Crippen LogP contribution in [0.3, 0.4) is 0 Å². The molecule has 0 aliphatic carbocycles. The summed E-state index contributed by atoms with van der Waals surface area (Å²) in [6, 6.07) is 10.1. The second kappa shape index (κ2) is 11.8. The van der Waals surface area contributed by atoms with E-state index in [1.165, 1.54) is 21.3 Å². The summed E-state index contributed by atoms with van der Waals surface area (Å²) in [5.74, 6) is 0.279. The third-order valence-electron chi connectivity index (χ3n) is 4.46. The van der Waals surface area contributed by atoms with Crippen LogP contribution in [0.1, 0.15) is 36.7 Å². The van der Waals surface area contributed by atoms with Crippen LogP contribution in [0, 0.1) is 0 Å². The number of alkyl carbamates (subject to hydrolysis) is 1. The van der Waals surface area contributed by atoms with E-state index in [1.54, 1.807) is 57.2 Å². The second-order valence-electron chi connectivity index (χ2n) is 8.16. The van der Waals surface area contributed by atoms with Crippen LogP contribution in [0.5, 0.6) is 17.2 Å². The Kier molecular flexibility index (Phi) is 9.11. The Morgan fingerprint density at radius 3 is 2.06 bits per heavy atom. The minimum absolute atomic E-state index is 0.139. The quantitative estimate of drug-likeness (QED) is 0.511. The first-order valence-electron chi connectivity index (χ1n) is 10.5. The molecule has 0 fully saturated rings. The summed E-state index contributed by atoms with van der Waals surface area (Å²) in [5.41, 5.74) is 0.834. The molecule has 0 radical (unpaired) electrons. The van der Waals surface area contributed by atoms with Crippen molar-refractivity contribution in [1.82, 2.24) is 10.6 Å². The lowest BCUT2D eigenvalue weighted by molar-refractivity contribution is -0.120. The molecule has 0 atom stereocenters. The number of rotatable bonds is 9. The van der Waals surface area contributed by atoms with E-state index in [9.17, 15) is 14.4 Å². The van der Waals surface area contributed by atoms with Crippen LogP contribution in [-0.2, 0) is 16.1 Å². The van der Waals surface area contributed by atoms with Crippen molar-refractivity contribution < 1.29 is 33.3 Å². The van der Waals surface area contributed by atoms with Crippen LogP contribution >= 0.6 is 0 Å². The van der Waals surface area contributed by atoms with E-state index >= 15 is 0 Å². The Morgan fingerprint density at radius 2 is 1.50 bits per heavy atom. The van der Waals surface area contributed by atoms with E-state index in [2.05, 4.69) is 16.0 Å². The van der Waals surface area contributed by atoms with Crippen LogP contribution in [-0.4, -0.2) is 51.4 Å². The average molecular weight is 474 g/mol. The van der Waals surface area contributed by atoms with Crippen LogP contribution in [0.4, 0.5) is 10.5 Å². The molecule has 0 heterocycles. The molecule has 0 aliphatic heterocycles. The maximum absolute atomic E-state index is 12.9. The van der Waals surface area contributed by atoms with Gasteiger partial charge in [0.15, 0.2) is 11.5 Å². The van der Waals surface area contributed by atoms with Gasteiger partial charge in [0.05, 0.1) is 21.3 Å². The van der Waals surface area contributed by atoms with E-state index < -0.39 is 23.5 Å². The van der Waals surface area contributed by atoms with Crippen molar-refractivity contribution in [3.8, 4) is 17.2 Å². The standard InChI is InChI=1S/C24H31N3O7/c1-24(2,3)34-23(30)26-14-20(28)25-13-15-9-7-8-10-17(15)27-22(29)16-11-18(31-4)21(33-6)19(12-16)32-5/h7-12H,13-14H2,1-6H3,(H,25,28)(H,26,30)(H,27,29). The first-order chi connectivity index (χ1) is 16.1. The van der Waals surface area contributed by atoms with Gasteiger partial charge in [-0.3, -0.25) is 9.59 Å². The molecule has 2 aromatic rings. The molecule has 0 saturated heterocycles. The summed E-state index contributed by atoms with van der Waals surface area (Å²) < 4.78 is 21.0. The van der Waals surface area contributed by atoms with Gasteiger partial charge in [-0.05, 0) is 44.5 Å². The van der Waals surface area contributed by atoms with Gasteiger partial charge in [0.25, 0.3) is 5.91 Å². The number of benzene rings is 2. The zero-order valence-corrected chi connectivity index (χ0v) is 20.2. The third-order valence-corrected chi connectivity index (χ3v) is 4.46. The Balaban J connectivity index is 2.05. The highest BCUT2D eigenvalue weighted by Gasteiger charge is 2.19. The molecule has 0 aliphatic rings. The number of carbonyl (C=O) groups is 3. The van der Waals surface area contributed by atoms with Crippen molar-refractivity contribution in [2.45, 2.75) is 32.9 Å². The summed E-state index contributed by atoms with van der Waals surface area (Å²) in [4.78, 5) is 36.7. The van der Waals surface area contributed by atoms with Crippen molar-refractivity contribution in [1.29, 1.82) is 0 Å². The first kappa shape index (κ1) is 26.3. The van der Waals surface area contributed by atoms with Crippen molar-refractivity contribution in [2.24, 2.45) is 0 Å². The Labute approximate surface area is 198 Å². The smallest absolute Gasteiger partial charge is 0.408 e. The highest BCUT2D eigenvalue weighted by molar-refractivity contribution is 6.05. The maximum atomic E-state index is 12.9. The van der Waals surface area contributed by atoms with Gasteiger partial charge in [-0.1, -0.05) is 18.2 Å². The van der Waals surface area contributed by atoms with Crippen molar-refractivity contribution in [2.75, 3.05) is 33.2 Å². The molecular formula is C24H31N3O7. The SMILES string of the molecule is COc1cc(C(=O)Nc2ccccc2CNC(=O)CNC(=O)OC(C)(C)C)cc(OC)c1OC. The molecule has 2 aromatic carbocycles. The van der Waals surface area contributed by atoms with E-state index in [-0.39, 0.29) is 13.1 Å². The molecule has 2 rings (SSSR count). The molecule has 184 valence electrons. The Morgan fingerprint density at radius 1 is 0.882 bits per heavy atom. The van der Waals surface area contributed by atoms with E-state index in [0.717, 1.165) is 0 Å². The number of nitrogens with one attached hydrogen (secondary N) is 3. The zero-order chi connectivity index (χ0) is 25.3. The monoisotopic (exact) mass is 473 g/mol. The first-order valence-corrected chi connectivity index (χ1v) is 10.5. The van der Waals surface area contributed by atoms with Crippen molar-refractivity contribution in [3.05, 3.63) is 47.5 Å². The minimum atomic E-state index is -0.680. The van der Waals surface area contributed by atoms with Gasteiger partial charge in [0.2, 0.25) is 11.7 Å². The molecule has 0 bridgehead atoms. The van der Waals surface area contributed by atoms with E-state index in [1.807, 2.05) is 0 Å². The van der Waals surface area contributed by atoms with Crippen molar-refractivity contribution >= 4 is 23.6 Å². The molecule has 0 spiro atoms. The summed E-state index contributed by atoms with van der Waals surface area (Å²) in [5, 5.41) is 7.94. The number of ether oxygens (including phenoxy) is 4. The summed E-state index contributed by atoms with van der Waals surface area (Å²) in [6.07, 6.45) is -0.680. The van der Waals surface area contributed by atoms with Gasteiger partial charge in [-0.25, -0.2) is 4.79 Å². The number of anilines is 1. The van der Waals surface area contributed by atoms with Gasteiger partial charge in [-0.15, -0.1) is 0 Å². The molecule has 10 nitrogen and oxygen atoms in total. The Hall–Kier alpha value is -3.95. The van der Waals surface area contributed by atoms with Gasteiger partial charge < -0.3 is 34.9 Å². The average Bonchev–Trinajstić information content (AvgIpc) is 2.79. The van der Waals surface area contributed by atoms with E-state index in [0.29, 0.717) is 34.1 Å². The van der Waals surface area contributed by atoms with Gasteiger partial charge in [0, 0.05) is 17.8 Å². The number of amides is 3. The lowest BCUT2D eigenvalue weighted by Gasteiger charge is -2.19.